The minimum atomic E-state index is -4.50. The van der Waals surface area contributed by atoms with E-state index in [9.17, 15) is 18.0 Å². The zero-order chi connectivity index (χ0) is 15.0. The molecule has 0 radical (unpaired) electrons. The fraction of sp³-hybridized carbons (Fsp3) is 0.692. The number of carbonyl (C=O) groups is 1. The van der Waals surface area contributed by atoms with Gasteiger partial charge < -0.3 is 15.2 Å². The summed E-state index contributed by atoms with van der Waals surface area (Å²) in [5.74, 6) is -1.09. The van der Waals surface area contributed by atoms with Crippen LogP contribution in [0, 0.1) is 0 Å². The van der Waals surface area contributed by atoms with Crippen LogP contribution in [-0.4, -0.2) is 28.0 Å². The molecule has 0 atom stereocenters. The van der Waals surface area contributed by atoms with Gasteiger partial charge in [0.15, 0.2) is 0 Å². The highest BCUT2D eigenvalue weighted by molar-refractivity contribution is 5.76. The predicted octanol–water partition coefficient (Wildman–Crippen LogP) is 1.22. The van der Waals surface area contributed by atoms with Gasteiger partial charge in [0, 0.05) is 44.2 Å². The summed E-state index contributed by atoms with van der Waals surface area (Å²) in [6.45, 7) is 1.000. The Bertz CT molecular complexity index is 548. The van der Waals surface area contributed by atoms with Crippen molar-refractivity contribution < 1.29 is 18.0 Å². The van der Waals surface area contributed by atoms with E-state index in [1.807, 2.05) is 0 Å². The highest BCUT2D eigenvalue weighted by Crippen LogP contribution is 2.31. The van der Waals surface area contributed by atoms with Gasteiger partial charge in [-0.3, -0.25) is 4.79 Å². The number of amides is 1. The largest absolute Gasteiger partial charge is 0.449 e. The van der Waals surface area contributed by atoms with Gasteiger partial charge in [-0.2, -0.15) is 13.2 Å². The summed E-state index contributed by atoms with van der Waals surface area (Å²) in [5.41, 5.74) is 1.04. The van der Waals surface area contributed by atoms with Crippen LogP contribution in [0.2, 0.25) is 0 Å². The van der Waals surface area contributed by atoms with Crippen molar-refractivity contribution in [3.05, 3.63) is 17.2 Å². The monoisotopic (exact) mass is 302 g/mol. The minimum absolute atomic E-state index is 0.0235. The average molecular weight is 302 g/mol. The molecule has 5 nitrogen and oxygen atoms in total. The van der Waals surface area contributed by atoms with E-state index in [4.69, 9.17) is 0 Å². The van der Waals surface area contributed by atoms with Gasteiger partial charge in [-0.15, -0.1) is 0 Å². The Morgan fingerprint density at radius 1 is 1.43 bits per heavy atom. The van der Waals surface area contributed by atoms with Gasteiger partial charge in [-0.1, -0.05) is 0 Å². The summed E-state index contributed by atoms with van der Waals surface area (Å²) in [5, 5.41) is 5.80. The lowest BCUT2D eigenvalue weighted by molar-refractivity contribution is -0.147. The second kappa shape index (κ2) is 5.32. The molecule has 0 spiro atoms. The second-order valence-corrected chi connectivity index (χ2v) is 5.50. The zero-order valence-electron chi connectivity index (χ0n) is 11.5. The Morgan fingerprint density at radius 2 is 2.19 bits per heavy atom. The van der Waals surface area contributed by atoms with Crippen molar-refractivity contribution in [2.75, 3.05) is 6.54 Å². The van der Waals surface area contributed by atoms with Crippen molar-refractivity contribution >= 4 is 5.91 Å². The van der Waals surface area contributed by atoms with E-state index in [0.717, 1.165) is 12.8 Å². The van der Waals surface area contributed by atoms with Crippen molar-refractivity contribution in [1.82, 2.24) is 20.2 Å². The normalized spacial score (nSPS) is 18.4. The third-order valence-corrected chi connectivity index (χ3v) is 3.74. The topological polar surface area (TPSA) is 59.0 Å². The van der Waals surface area contributed by atoms with Gasteiger partial charge in [0.05, 0.1) is 5.69 Å². The van der Waals surface area contributed by atoms with Crippen LogP contribution >= 0.6 is 0 Å². The second-order valence-electron chi connectivity index (χ2n) is 5.50. The highest BCUT2D eigenvalue weighted by Gasteiger charge is 2.39. The average Bonchev–Trinajstić information content (AvgIpc) is 3.14. The van der Waals surface area contributed by atoms with Gasteiger partial charge in [-0.05, 0) is 12.8 Å². The first-order valence-electron chi connectivity index (χ1n) is 7.10. The molecule has 0 unspecified atom stereocenters. The van der Waals surface area contributed by atoms with E-state index in [2.05, 4.69) is 15.6 Å². The van der Waals surface area contributed by atoms with Crippen molar-refractivity contribution in [1.29, 1.82) is 0 Å². The molecule has 21 heavy (non-hydrogen) atoms. The van der Waals surface area contributed by atoms with Gasteiger partial charge in [-0.25, -0.2) is 4.98 Å². The van der Waals surface area contributed by atoms with Crippen molar-refractivity contribution in [2.24, 2.45) is 0 Å². The number of halogens is 3. The number of fused-ring (bicyclic) bond motifs is 1. The molecule has 1 amide bonds. The molecule has 2 heterocycles. The van der Waals surface area contributed by atoms with Gasteiger partial charge in [0.1, 0.15) is 0 Å². The quantitative estimate of drug-likeness (QED) is 0.879. The van der Waals surface area contributed by atoms with Crippen LogP contribution in [0.15, 0.2) is 0 Å². The molecule has 0 saturated heterocycles. The molecular formula is C13H17F3N4O. The van der Waals surface area contributed by atoms with Crippen LogP contribution < -0.4 is 10.6 Å². The van der Waals surface area contributed by atoms with Crippen molar-refractivity contribution in [3.8, 4) is 0 Å². The predicted molar refractivity (Wildman–Crippen MR) is 68.4 cm³/mol. The number of hydrogen-bond donors (Lipinski definition) is 2. The molecule has 8 heteroatoms. The molecule has 1 saturated carbocycles. The van der Waals surface area contributed by atoms with Crippen LogP contribution in [0.4, 0.5) is 13.2 Å². The number of rotatable bonds is 4. The third-order valence-electron chi connectivity index (χ3n) is 3.74. The van der Waals surface area contributed by atoms with E-state index in [1.54, 1.807) is 0 Å². The number of nitrogens with zero attached hydrogens (tertiary/aromatic N) is 2. The molecule has 1 aliphatic carbocycles. The Labute approximate surface area is 119 Å². The molecule has 1 fully saturated rings. The first-order valence-corrected chi connectivity index (χ1v) is 7.10. The third kappa shape index (κ3) is 3.20. The van der Waals surface area contributed by atoms with Gasteiger partial charge >= 0.3 is 6.18 Å². The number of hydrogen-bond acceptors (Lipinski definition) is 3. The first kappa shape index (κ1) is 14.4. The number of imidazole rings is 1. The summed E-state index contributed by atoms with van der Waals surface area (Å²) in [7, 11) is 0. The molecule has 0 bridgehead atoms. The standard InChI is InChI=1S/C13H17F3N4O/c14-13(15,16)12-19-9-7-17-5-3-10(9)20(12)6-4-11(21)18-8-1-2-8/h8,17H,1-7H2,(H,18,21). The summed E-state index contributed by atoms with van der Waals surface area (Å²) in [4.78, 5) is 15.4. The molecule has 2 N–H and O–H groups in total. The highest BCUT2D eigenvalue weighted by atomic mass is 19.4. The van der Waals surface area contributed by atoms with Gasteiger partial charge in [0.2, 0.25) is 11.7 Å². The molecule has 116 valence electrons. The minimum Gasteiger partial charge on any atom is -0.353 e. The number of nitrogens with one attached hydrogen (secondary N) is 2. The van der Waals surface area contributed by atoms with E-state index in [0.29, 0.717) is 30.9 Å². The Kier molecular flexibility index (Phi) is 3.64. The van der Waals surface area contributed by atoms with E-state index in [1.165, 1.54) is 4.57 Å². The molecule has 2 aliphatic rings. The van der Waals surface area contributed by atoms with Crippen LogP contribution in [-0.2, 0) is 30.5 Å². The summed E-state index contributed by atoms with van der Waals surface area (Å²) in [6, 6.07) is 0.223. The summed E-state index contributed by atoms with van der Waals surface area (Å²) in [6.07, 6.45) is -2.01. The lowest BCUT2D eigenvalue weighted by Crippen LogP contribution is -2.28. The number of carbonyl (C=O) groups excluding carboxylic acids is 1. The number of alkyl halides is 3. The lowest BCUT2D eigenvalue weighted by atomic mass is 10.2. The Balaban J connectivity index is 1.78. The summed E-state index contributed by atoms with van der Waals surface area (Å²) >= 11 is 0. The first-order chi connectivity index (χ1) is 9.95. The zero-order valence-corrected chi connectivity index (χ0v) is 11.5. The van der Waals surface area contributed by atoms with Crippen LogP contribution in [0.1, 0.15) is 36.5 Å². The molecule has 1 aromatic rings. The maximum atomic E-state index is 13.1. The maximum Gasteiger partial charge on any atom is 0.449 e. The molecule has 0 aromatic carbocycles. The van der Waals surface area contributed by atoms with Gasteiger partial charge in [0.25, 0.3) is 0 Å². The smallest absolute Gasteiger partial charge is 0.353 e. The fourth-order valence-corrected chi connectivity index (χ4v) is 2.57. The van der Waals surface area contributed by atoms with E-state index >= 15 is 0 Å². The van der Waals surface area contributed by atoms with E-state index < -0.39 is 12.0 Å². The lowest BCUT2D eigenvalue weighted by Gasteiger charge is -2.16. The van der Waals surface area contributed by atoms with E-state index in [-0.39, 0.29) is 24.9 Å². The SMILES string of the molecule is O=C(CCn1c(C(F)(F)F)nc2c1CCNC2)NC1CC1. The summed E-state index contributed by atoms with van der Waals surface area (Å²) < 4.78 is 40.4. The maximum absolute atomic E-state index is 13.1. The van der Waals surface area contributed by atoms with Crippen LogP contribution in [0.25, 0.3) is 0 Å². The Morgan fingerprint density at radius 3 is 2.86 bits per heavy atom. The molecule has 1 aliphatic heterocycles. The molecular weight excluding hydrogens is 285 g/mol. The van der Waals surface area contributed by atoms with Crippen molar-refractivity contribution in [2.45, 2.75) is 51.0 Å². The number of aromatic nitrogens is 2. The molecule has 1 aromatic heterocycles. The Hall–Kier alpha value is -1.57. The molecule has 3 rings (SSSR count). The van der Waals surface area contributed by atoms with Crippen LogP contribution in [0.3, 0.4) is 0 Å². The van der Waals surface area contributed by atoms with Crippen molar-refractivity contribution in [3.63, 3.8) is 0 Å². The fourth-order valence-electron chi connectivity index (χ4n) is 2.57. The van der Waals surface area contributed by atoms with Crippen LogP contribution in [0.5, 0.6) is 0 Å².